The van der Waals surface area contributed by atoms with Crippen LogP contribution in [0.15, 0.2) is 69.6 Å². The van der Waals surface area contributed by atoms with Crippen molar-refractivity contribution in [2.24, 2.45) is 0 Å². The highest BCUT2D eigenvalue weighted by Crippen LogP contribution is 2.19. The Morgan fingerprint density at radius 2 is 1.41 bits per heavy atom. The summed E-state index contributed by atoms with van der Waals surface area (Å²) in [4.78, 5) is 34.1. The van der Waals surface area contributed by atoms with Crippen LogP contribution in [0.3, 0.4) is 0 Å². The fourth-order valence-corrected chi connectivity index (χ4v) is 2.45. The van der Waals surface area contributed by atoms with Crippen molar-refractivity contribution >= 4 is 45.0 Å². The van der Waals surface area contributed by atoms with Crippen LogP contribution in [0.25, 0.3) is 0 Å². The number of nitrogens with zero attached hydrogens (tertiary/aromatic N) is 1. The number of hydrogen-bond acceptors (Lipinski definition) is 5. The summed E-state index contributed by atoms with van der Waals surface area (Å²) in [6.07, 6.45) is 0. The number of nitro groups is 1. The molecular formula is C18H12BrN3O5. The van der Waals surface area contributed by atoms with Gasteiger partial charge in [0.15, 0.2) is 5.76 Å². The van der Waals surface area contributed by atoms with Crippen LogP contribution in [-0.2, 0) is 0 Å². The van der Waals surface area contributed by atoms with Gasteiger partial charge >= 0.3 is 5.88 Å². The number of nitrogens with one attached hydrogen (secondary N) is 2. The van der Waals surface area contributed by atoms with Gasteiger partial charge in [-0.15, -0.1) is 0 Å². The molecule has 0 spiro atoms. The van der Waals surface area contributed by atoms with Crippen LogP contribution in [0.5, 0.6) is 0 Å². The molecule has 0 saturated carbocycles. The largest absolute Gasteiger partial charge is 0.433 e. The third-order valence-electron chi connectivity index (χ3n) is 3.50. The number of carbonyl (C=O) groups is 2. The van der Waals surface area contributed by atoms with E-state index >= 15 is 0 Å². The average molecular weight is 430 g/mol. The number of amides is 2. The Morgan fingerprint density at radius 3 is 1.93 bits per heavy atom. The van der Waals surface area contributed by atoms with Crippen molar-refractivity contribution in [3.8, 4) is 0 Å². The average Bonchev–Trinajstić information content (AvgIpc) is 3.14. The minimum absolute atomic E-state index is 0.172. The maximum atomic E-state index is 12.2. The molecule has 0 bridgehead atoms. The Kier molecular flexibility index (Phi) is 5.32. The van der Waals surface area contributed by atoms with Crippen molar-refractivity contribution in [3.63, 3.8) is 0 Å². The number of furan rings is 1. The highest BCUT2D eigenvalue weighted by atomic mass is 79.9. The lowest BCUT2D eigenvalue weighted by Gasteiger charge is -2.07. The van der Waals surface area contributed by atoms with E-state index in [0.29, 0.717) is 16.9 Å². The normalized spacial score (nSPS) is 10.3. The smallest absolute Gasteiger partial charge is 0.395 e. The molecule has 2 N–H and O–H groups in total. The van der Waals surface area contributed by atoms with Crippen molar-refractivity contribution in [2.45, 2.75) is 0 Å². The Bertz CT molecular complexity index is 997. The van der Waals surface area contributed by atoms with Crippen LogP contribution < -0.4 is 10.6 Å². The second kappa shape index (κ2) is 7.83. The summed E-state index contributed by atoms with van der Waals surface area (Å²) in [7, 11) is 0. The van der Waals surface area contributed by atoms with Crippen LogP contribution in [0.1, 0.15) is 20.9 Å². The molecule has 1 heterocycles. The number of benzene rings is 2. The van der Waals surface area contributed by atoms with Gasteiger partial charge in [0, 0.05) is 21.4 Å². The molecule has 8 nitrogen and oxygen atoms in total. The summed E-state index contributed by atoms with van der Waals surface area (Å²) in [5.41, 5.74) is 1.50. The lowest BCUT2D eigenvalue weighted by Crippen LogP contribution is -2.12. The Labute approximate surface area is 161 Å². The summed E-state index contributed by atoms with van der Waals surface area (Å²) in [5.74, 6) is -1.56. The predicted molar refractivity (Wildman–Crippen MR) is 102 cm³/mol. The van der Waals surface area contributed by atoms with Crippen molar-refractivity contribution in [1.29, 1.82) is 0 Å². The van der Waals surface area contributed by atoms with Gasteiger partial charge in [-0.05, 0) is 54.6 Å². The van der Waals surface area contributed by atoms with E-state index in [2.05, 4.69) is 26.6 Å². The molecule has 0 aliphatic carbocycles. The first-order valence-electron chi connectivity index (χ1n) is 7.65. The molecule has 0 aliphatic heterocycles. The zero-order chi connectivity index (χ0) is 19.4. The fraction of sp³-hybridized carbons (Fsp3) is 0. The van der Waals surface area contributed by atoms with Gasteiger partial charge in [0.05, 0.1) is 6.07 Å². The van der Waals surface area contributed by atoms with E-state index < -0.39 is 16.7 Å². The Hall–Kier alpha value is -3.46. The third-order valence-corrected chi connectivity index (χ3v) is 4.03. The topological polar surface area (TPSA) is 114 Å². The Balaban J connectivity index is 1.62. The molecule has 0 radical (unpaired) electrons. The summed E-state index contributed by atoms with van der Waals surface area (Å²) >= 11 is 3.31. The van der Waals surface area contributed by atoms with E-state index in [1.165, 1.54) is 6.07 Å². The van der Waals surface area contributed by atoms with Crippen LogP contribution in [0, 0.1) is 10.1 Å². The third kappa shape index (κ3) is 4.59. The lowest BCUT2D eigenvalue weighted by atomic mass is 10.2. The van der Waals surface area contributed by atoms with Crippen LogP contribution in [-0.4, -0.2) is 16.7 Å². The first-order valence-corrected chi connectivity index (χ1v) is 8.44. The number of halogens is 1. The molecule has 136 valence electrons. The van der Waals surface area contributed by atoms with Gasteiger partial charge < -0.3 is 15.1 Å². The van der Waals surface area contributed by atoms with Gasteiger partial charge in [-0.25, -0.2) is 0 Å². The zero-order valence-electron chi connectivity index (χ0n) is 13.6. The fourth-order valence-electron chi connectivity index (χ4n) is 2.18. The molecule has 9 heteroatoms. The molecule has 2 amide bonds. The molecule has 0 atom stereocenters. The van der Waals surface area contributed by atoms with Gasteiger partial charge in [0.1, 0.15) is 4.92 Å². The summed E-state index contributed by atoms with van der Waals surface area (Å²) < 4.78 is 5.72. The van der Waals surface area contributed by atoms with Gasteiger partial charge in [0.25, 0.3) is 11.8 Å². The Morgan fingerprint density at radius 1 is 0.852 bits per heavy atom. The number of rotatable bonds is 5. The van der Waals surface area contributed by atoms with E-state index in [9.17, 15) is 19.7 Å². The van der Waals surface area contributed by atoms with Crippen molar-refractivity contribution in [1.82, 2.24) is 0 Å². The molecule has 1 aromatic heterocycles. The maximum Gasteiger partial charge on any atom is 0.433 e. The molecule has 3 rings (SSSR count). The molecule has 27 heavy (non-hydrogen) atoms. The number of anilines is 2. The second-order valence-electron chi connectivity index (χ2n) is 5.39. The molecular weight excluding hydrogens is 418 g/mol. The highest BCUT2D eigenvalue weighted by Gasteiger charge is 2.17. The van der Waals surface area contributed by atoms with Crippen LogP contribution >= 0.6 is 15.9 Å². The quantitative estimate of drug-likeness (QED) is 0.458. The second-order valence-corrected chi connectivity index (χ2v) is 6.30. The predicted octanol–water partition coefficient (Wildman–Crippen LogP) is 4.45. The molecule has 2 aromatic carbocycles. The lowest BCUT2D eigenvalue weighted by molar-refractivity contribution is -0.402. The van der Waals surface area contributed by atoms with Gasteiger partial charge in [-0.2, -0.15) is 0 Å². The van der Waals surface area contributed by atoms with Gasteiger partial charge in [-0.3, -0.25) is 19.7 Å². The van der Waals surface area contributed by atoms with Gasteiger partial charge in [-0.1, -0.05) is 15.9 Å². The first-order chi connectivity index (χ1) is 12.9. The van der Waals surface area contributed by atoms with E-state index in [1.807, 2.05) is 0 Å². The number of hydrogen-bond donors (Lipinski definition) is 2. The minimum Gasteiger partial charge on any atom is -0.395 e. The molecule has 0 saturated heterocycles. The summed E-state index contributed by atoms with van der Waals surface area (Å²) in [6.45, 7) is 0. The zero-order valence-corrected chi connectivity index (χ0v) is 15.2. The standard InChI is InChI=1S/C18H12BrN3O5/c19-12-3-1-11(2-4-12)17(23)20-13-5-7-14(8-6-13)21-18(24)15-9-10-16(27-15)22(25)26/h1-10H,(H,20,23)(H,21,24). The van der Waals surface area contributed by atoms with E-state index in [0.717, 1.165) is 10.5 Å². The number of carbonyl (C=O) groups excluding carboxylic acids is 2. The molecule has 3 aromatic rings. The highest BCUT2D eigenvalue weighted by molar-refractivity contribution is 9.10. The first kappa shape index (κ1) is 18.3. The molecule has 0 fully saturated rings. The maximum absolute atomic E-state index is 12.2. The summed E-state index contributed by atoms with van der Waals surface area (Å²) in [5, 5.41) is 15.9. The van der Waals surface area contributed by atoms with Crippen molar-refractivity contribution in [2.75, 3.05) is 10.6 Å². The van der Waals surface area contributed by atoms with Crippen LogP contribution in [0.2, 0.25) is 0 Å². The van der Waals surface area contributed by atoms with Gasteiger partial charge in [0.2, 0.25) is 0 Å². The molecule has 0 aliphatic rings. The van der Waals surface area contributed by atoms with Crippen molar-refractivity contribution in [3.05, 3.63) is 86.6 Å². The SMILES string of the molecule is O=C(Nc1ccc(NC(=O)c2ccc([N+](=O)[O-])o2)cc1)c1ccc(Br)cc1. The van der Waals surface area contributed by atoms with Crippen molar-refractivity contribution < 1.29 is 18.9 Å². The van der Waals surface area contributed by atoms with Crippen LogP contribution in [0.4, 0.5) is 17.3 Å². The molecule has 0 unspecified atom stereocenters. The summed E-state index contributed by atoms with van der Waals surface area (Å²) in [6, 6.07) is 15.7. The van der Waals surface area contributed by atoms with E-state index in [-0.39, 0.29) is 11.7 Å². The monoisotopic (exact) mass is 429 g/mol. The van der Waals surface area contributed by atoms with E-state index in [4.69, 9.17) is 4.42 Å². The van der Waals surface area contributed by atoms with E-state index in [1.54, 1.807) is 48.5 Å². The minimum atomic E-state index is -0.723.